The molecule has 1 unspecified atom stereocenters. The Bertz CT molecular complexity index is 486. The third-order valence-electron chi connectivity index (χ3n) is 4.30. The minimum atomic E-state index is 0. The van der Waals surface area contributed by atoms with Crippen LogP contribution in [0, 0.1) is 0 Å². The van der Waals surface area contributed by atoms with Gasteiger partial charge in [0.2, 0.25) is 0 Å². The van der Waals surface area contributed by atoms with Gasteiger partial charge in [-0.15, -0.1) is 24.0 Å². The summed E-state index contributed by atoms with van der Waals surface area (Å²) in [5.41, 5.74) is 9.07. The highest BCUT2D eigenvalue weighted by Gasteiger charge is 2.20. The number of rotatable bonds is 2. The molecule has 0 saturated carbocycles. The van der Waals surface area contributed by atoms with Crippen molar-refractivity contribution in [2.24, 2.45) is 10.7 Å². The third-order valence-corrected chi connectivity index (χ3v) is 4.30. The summed E-state index contributed by atoms with van der Waals surface area (Å²) >= 11 is 0. The van der Waals surface area contributed by atoms with E-state index in [0.29, 0.717) is 11.9 Å². The predicted octanol–water partition coefficient (Wildman–Crippen LogP) is 2.37. The van der Waals surface area contributed by atoms with E-state index in [1.165, 1.54) is 30.4 Å². The zero-order valence-electron chi connectivity index (χ0n) is 12.3. The second-order valence-electron chi connectivity index (χ2n) is 5.59. The lowest BCUT2D eigenvalue weighted by Gasteiger charge is -2.28. The highest BCUT2D eigenvalue weighted by Crippen LogP contribution is 2.31. The first kappa shape index (κ1) is 16.5. The number of benzene rings is 1. The minimum absolute atomic E-state index is 0. The van der Waals surface area contributed by atoms with Crippen LogP contribution in [0.3, 0.4) is 0 Å². The number of morpholine rings is 1. The van der Waals surface area contributed by atoms with Gasteiger partial charge in [0.05, 0.1) is 13.2 Å². The van der Waals surface area contributed by atoms with E-state index in [-0.39, 0.29) is 24.0 Å². The molecule has 4 nitrogen and oxygen atoms in total. The highest BCUT2D eigenvalue weighted by molar-refractivity contribution is 14.0. The van der Waals surface area contributed by atoms with Gasteiger partial charge in [0.1, 0.15) is 0 Å². The molecule has 1 aromatic rings. The molecule has 1 fully saturated rings. The zero-order chi connectivity index (χ0) is 13.8. The van der Waals surface area contributed by atoms with E-state index >= 15 is 0 Å². The fourth-order valence-corrected chi connectivity index (χ4v) is 3.14. The lowest BCUT2D eigenvalue weighted by Crippen LogP contribution is -2.45. The number of halogens is 1. The van der Waals surface area contributed by atoms with Gasteiger partial charge >= 0.3 is 0 Å². The smallest absolute Gasteiger partial charge is 0.191 e. The number of hydrogen-bond acceptors (Lipinski definition) is 2. The Labute approximate surface area is 143 Å². The van der Waals surface area contributed by atoms with Crippen molar-refractivity contribution in [2.45, 2.75) is 25.2 Å². The van der Waals surface area contributed by atoms with Crippen molar-refractivity contribution < 1.29 is 4.74 Å². The highest BCUT2D eigenvalue weighted by atomic mass is 127. The van der Waals surface area contributed by atoms with E-state index in [2.05, 4.69) is 34.2 Å². The number of hydrogen-bond donors (Lipinski definition) is 1. The average molecular weight is 401 g/mol. The van der Waals surface area contributed by atoms with Crippen molar-refractivity contribution in [3.8, 4) is 0 Å². The number of nitrogens with two attached hydrogens (primary N) is 1. The van der Waals surface area contributed by atoms with Crippen LogP contribution in [0.4, 0.5) is 0 Å². The van der Waals surface area contributed by atoms with E-state index in [1.807, 2.05) is 0 Å². The van der Waals surface area contributed by atoms with Crippen LogP contribution in [0.15, 0.2) is 29.3 Å². The molecular weight excluding hydrogens is 377 g/mol. The maximum Gasteiger partial charge on any atom is 0.191 e. The maximum atomic E-state index is 6.11. The predicted molar refractivity (Wildman–Crippen MR) is 96.4 cm³/mol. The van der Waals surface area contributed by atoms with Crippen LogP contribution in [0.5, 0.6) is 0 Å². The molecule has 0 radical (unpaired) electrons. The Kier molecular flexibility index (Phi) is 6.29. The summed E-state index contributed by atoms with van der Waals surface area (Å²) < 4.78 is 5.34. The molecule has 2 N–H and O–H groups in total. The molecule has 0 aromatic heterocycles. The zero-order valence-corrected chi connectivity index (χ0v) is 14.7. The maximum absolute atomic E-state index is 6.11. The van der Waals surface area contributed by atoms with Gasteiger partial charge in [0.15, 0.2) is 5.96 Å². The molecule has 21 heavy (non-hydrogen) atoms. The molecule has 1 heterocycles. The van der Waals surface area contributed by atoms with Gasteiger partial charge in [-0.05, 0) is 30.4 Å². The van der Waals surface area contributed by atoms with E-state index in [9.17, 15) is 0 Å². The molecule has 1 aliphatic carbocycles. The first-order valence-electron chi connectivity index (χ1n) is 7.55. The van der Waals surface area contributed by atoms with Crippen molar-refractivity contribution in [3.63, 3.8) is 0 Å². The molecular formula is C16H24IN3O. The van der Waals surface area contributed by atoms with Crippen LogP contribution in [-0.2, 0) is 11.2 Å². The summed E-state index contributed by atoms with van der Waals surface area (Å²) in [6.07, 6.45) is 3.68. The van der Waals surface area contributed by atoms with Gasteiger partial charge in [-0.2, -0.15) is 0 Å². The molecule has 1 saturated heterocycles. The van der Waals surface area contributed by atoms with Crippen LogP contribution in [-0.4, -0.2) is 43.7 Å². The summed E-state index contributed by atoms with van der Waals surface area (Å²) in [7, 11) is 0. The molecule has 0 bridgehead atoms. The second kappa shape index (κ2) is 7.98. The summed E-state index contributed by atoms with van der Waals surface area (Å²) in [6, 6.07) is 8.76. The van der Waals surface area contributed by atoms with Crippen LogP contribution < -0.4 is 5.73 Å². The third kappa shape index (κ3) is 4.10. The molecule has 2 aliphatic rings. The van der Waals surface area contributed by atoms with Crippen LogP contribution >= 0.6 is 24.0 Å². The Balaban J connectivity index is 0.00000161. The first-order chi connectivity index (χ1) is 9.84. The fraction of sp³-hybridized carbons (Fsp3) is 0.562. The van der Waals surface area contributed by atoms with Crippen molar-refractivity contribution in [1.82, 2.24) is 4.90 Å². The average Bonchev–Trinajstić information content (AvgIpc) is 2.53. The Morgan fingerprint density at radius 2 is 2.05 bits per heavy atom. The van der Waals surface area contributed by atoms with Gasteiger partial charge in [-0.1, -0.05) is 24.3 Å². The molecule has 1 aromatic carbocycles. The van der Waals surface area contributed by atoms with Crippen molar-refractivity contribution >= 4 is 29.9 Å². The lowest BCUT2D eigenvalue weighted by atomic mass is 9.83. The number of aliphatic imine (C=N–C) groups is 1. The van der Waals surface area contributed by atoms with Crippen molar-refractivity contribution in [3.05, 3.63) is 35.4 Å². The van der Waals surface area contributed by atoms with Gasteiger partial charge in [0.25, 0.3) is 0 Å². The Morgan fingerprint density at radius 1 is 1.29 bits per heavy atom. The van der Waals surface area contributed by atoms with Gasteiger partial charge < -0.3 is 15.4 Å². The fourth-order valence-electron chi connectivity index (χ4n) is 3.14. The normalized spacial score (nSPS) is 22.4. The van der Waals surface area contributed by atoms with Crippen LogP contribution in [0.25, 0.3) is 0 Å². The molecule has 1 aliphatic heterocycles. The summed E-state index contributed by atoms with van der Waals surface area (Å²) in [5.74, 6) is 1.20. The van der Waals surface area contributed by atoms with E-state index in [1.54, 1.807) is 0 Å². The Morgan fingerprint density at radius 3 is 2.86 bits per heavy atom. The topological polar surface area (TPSA) is 50.8 Å². The van der Waals surface area contributed by atoms with E-state index in [0.717, 1.165) is 32.8 Å². The number of aryl methyl sites for hydroxylation is 1. The van der Waals surface area contributed by atoms with Gasteiger partial charge in [-0.25, -0.2) is 0 Å². The monoisotopic (exact) mass is 401 g/mol. The summed E-state index contributed by atoms with van der Waals surface area (Å²) in [4.78, 5) is 6.76. The standard InChI is InChI=1S/C16H23N3O.HI/c17-16(19-8-10-20-11-9-19)18-12-14-6-3-5-13-4-1-2-7-15(13)14;/h1-2,4,7,14H,3,5-6,8-12H2,(H2,17,18);1H. The number of nitrogens with zero attached hydrogens (tertiary/aromatic N) is 2. The minimum Gasteiger partial charge on any atom is -0.378 e. The van der Waals surface area contributed by atoms with E-state index in [4.69, 9.17) is 10.5 Å². The van der Waals surface area contributed by atoms with Gasteiger partial charge in [0, 0.05) is 25.6 Å². The summed E-state index contributed by atoms with van der Waals surface area (Å²) in [6.45, 7) is 4.03. The van der Waals surface area contributed by atoms with Crippen LogP contribution in [0.2, 0.25) is 0 Å². The van der Waals surface area contributed by atoms with Crippen LogP contribution in [0.1, 0.15) is 29.9 Å². The molecule has 1 atom stereocenters. The van der Waals surface area contributed by atoms with Gasteiger partial charge in [-0.3, -0.25) is 4.99 Å². The molecule has 3 rings (SSSR count). The first-order valence-corrected chi connectivity index (χ1v) is 7.55. The SMILES string of the molecule is I.NC(=NCC1CCCc2ccccc21)N1CCOCC1. The molecule has 0 amide bonds. The van der Waals surface area contributed by atoms with Crippen molar-refractivity contribution in [2.75, 3.05) is 32.8 Å². The van der Waals surface area contributed by atoms with E-state index < -0.39 is 0 Å². The molecule has 116 valence electrons. The largest absolute Gasteiger partial charge is 0.378 e. The quantitative estimate of drug-likeness (QED) is 0.471. The Hall–Kier alpha value is -0.820. The van der Waals surface area contributed by atoms with Crippen molar-refractivity contribution in [1.29, 1.82) is 0 Å². The number of ether oxygens (including phenoxy) is 1. The lowest BCUT2D eigenvalue weighted by molar-refractivity contribution is 0.0674. The number of guanidine groups is 1. The molecule has 5 heteroatoms. The second-order valence-corrected chi connectivity index (χ2v) is 5.59. The molecule has 0 spiro atoms. The summed E-state index contributed by atoms with van der Waals surface area (Å²) in [5, 5.41) is 0. The number of fused-ring (bicyclic) bond motifs is 1.